The highest BCUT2D eigenvalue weighted by atomic mass is 127. The summed E-state index contributed by atoms with van der Waals surface area (Å²) in [6, 6.07) is 0. The van der Waals surface area contributed by atoms with Crippen molar-refractivity contribution < 1.29 is 9.53 Å². The van der Waals surface area contributed by atoms with Crippen molar-refractivity contribution in [3.8, 4) is 0 Å². The Morgan fingerprint density at radius 1 is 1.15 bits per heavy atom. The van der Waals surface area contributed by atoms with Crippen LogP contribution in [0.1, 0.15) is 53.9 Å². The molecule has 2 aliphatic heterocycles. The molecule has 1 N–H and O–H groups in total. The number of ether oxygens (including phenoxy) is 1. The maximum Gasteiger partial charge on any atom is 0.410 e. The third-order valence-electron chi connectivity index (χ3n) is 5.10. The Morgan fingerprint density at radius 2 is 1.78 bits per heavy atom. The number of nitrogens with one attached hydrogen (secondary N) is 1. The lowest BCUT2D eigenvalue weighted by molar-refractivity contribution is 0.0168. The van der Waals surface area contributed by atoms with Crippen molar-refractivity contribution >= 4 is 36.0 Å². The largest absolute Gasteiger partial charge is 0.444 e. The van der Waals surface area contributed by atoms with Crippen LogP contribution in [0.15, 0.2) is 4.99 Å². The summed E-state index contributed by atoms with van der Waals surface area (Å²) in [6.07, 6.45) is 3.27. The standard InChI is InChI=1S/C20H38N4O2.HI/c1-15-10-16(2)13-24(12-15)18(21-6)22-11-17-8-7-9-23(14-17)19(25)26-20(3,4)5;/h15-17H,7-14H2,1-6H3,(H,21,22);1H. The fraction of sp³-hybridized carbons (Fsp3) is 0.900. The molecule has 0 aromatic heterocycles. The molecule has 0 aromatic carbocycles. The van der Waals surface area contributed by atoms with Crippen molar-refractivity contribution in [3.05, 3.63) is 0 Å². The van der Waals surface area contributed by atoms with Gasteiger partial charge in [0.1, 0.15) is 5.60 Å². The van der Waals surface area contributed by atoms with E-state index < -0.39 is 5.60 Å². The van der Waals surface area contributed by atoms with Crippen molar-refractivity contribution in [2.45, 2.75) is 59.5 Å². The van der Waals surface area contributed by atoms with Crippen molar-refractivity contribution in [2.24, 2.45) is 22.7 Å². The summed E-state index contributed by atoms with van der Waals surface area (Å²) >= 11 is 0. The summed E-state index contributed by atoms with van der Waals surface area (Å²) < 4.78 is 5.53. The van der Waals surface area contributed by atoms with Crippen LogP contribution in [0.4, 0.5) is 4.79 Å². The Kier molecular flexibility index (Phi) is 9.65. The molecule has 1 amide bonds. The van der Waals surface area contributed by atoms with Gasteiger partial charge < -0.3 is 19.9 Å². The Balaban J connectivity index is 0.00000364. The van der Waals surface area contributed by atoms with Crippen LogP contribution < -0.4 is 5.32 Å². The zero-order valence-corrected chi connectivity index (χ0v) is 20.3. The molecule has 3 atom stereocenters. The van der Waals surface area contributed by atoms with Crippen LogP contribution in [0, 0.1) is 17.8 Å². The van der Waals surface area contributed by atoms with Gasteiger partial charge in [0.15, 0.2) is 5.96 Å². The van der Waals surface area contributed by atoms with Gasteiger partial charge in [0.05, 0.1) is 0 Å². The van der Waals surface area contributed by atoms with E-state index in [2.05, 4.69) is 29.1 Å². The monoisotopic (exact) mass is 494 g/mol. The van der Waals surface area contributed by atoms with Gasteiger partial charge in [-0.3, -0.25) is 4.99 Å². The molecule has 3 unspecified atom stereocenters. The van der Waals surface area contributed by atoms with E-state index in [1.807, 2.05) is 32.7 Å². The zero-order valence-electron chi connectivity index (χ0n) is 18.0. The molecule has 6 nitrogen and oxygen atoms in total. The molecule has 0 aliphatic carbocycles. The average Bonchev–Trinajstić information content (AvgIpc) is 2.53. The van der Waals surface area contributed by atoms with Gasteiger partial charge >= 0.3 is 6.09 Å². The van der Waals surface area contributed by atoms with Gasteiger partial charge in [-0.15, -0.1) is 24.0 Å². The lowest BCUT2D eigenvalue weighted by Gasteiger charge is -2.38. The molecule has 7 heteroatoms. The molecule has 0 radical (unpaired) electrons. The number of carbonyl (C=O) groups is 1. The molecule has 0 saturated carbocycles. The number of carbonyl (C=O) groups excluding carboxylic acids is 1. The van der Waals surface area contributed by atoms with Crippen molar-refractivity contribution in [2.75, 3.05) is 39.8 Å². The maximum atomic E-state index is 12.3. The second kappa shape index (κ2) is 10.7. The summed E-state index contributed by atoms with van der Waals surface area (Å²) in [5.74, 6) is 2.84. The minimum Gasteiger partial charge on any atom is -0.444 e. The SMILES string of the molecule is CN=C(NCC1CCCN(C(=O)OC(C)(C)C)C1)N1CC(C)CC(C)C1.I. The summed E-state index contributed by atoms with van der Waals surface area (Å²) in [5.41, 5.74) is -0.439. The third kappa shape index (κ3) is 8.03. The lowest BCUT2D eigenvalue weighted by Crippen LogP contribution is -2.51. The molecule has 0 aromatic rings. The highest BCUT2D eigenvalue weighted by Gasteiger charge is 2.29. The first kappa shape index (κ1) is 24.3. The van der Waals surface area contributed by atoms with Gasteiger partial charge in [-0.2, -0.15) is 0 Å². The van der Waals surface area contributed by atoms with Gasteiger partial charge in [0.2, 0.25) is 0 Å². The number of rotatable bonds is 2. The second-order valence-corrected chi connectivity index (χ2v) is 9.21. The number of guanidine groups is 1. The van der Waals surface area contributed by atoms with Crippen molar-refractivity contribution in [1.29, 1.82) is 0 Å². The predicted octanol–water partition coefficient (Wildman–Crippen LogP) is 3.80. The van der Waals surface area contributed by atoms with Gasteiger partial charge in [-0.1, -0.05) is 13.8 Å². The molecule has 158 valence electrons. The topological polar surface area (TPSA) is 57.2 Å². The fourth-order valence-electron chi connectivity index (χ4n) is 4.13. The molecular formula is C20H39IN4O2. The van der Waals surface area contributed by atoms with Crippen LogP contribution in [-0.4, -0.2) is 67.2 Å². The van der Waals surface area contributed by atoms with Crippen molar-refractivity contribution in [1.82, 2.24) is 15.1 Å². The Morgan fingerprint density at radius 3 is 2.33 bits per heavy atom. The lowest BCUT2D eigenvalue weighted by atomic mass is 9.92. The number of nitrogens with zero attached hydrogens (tertiary/aromatic N) is 3. The third-order valence-corrected chi connectivity index (χ3v) is 5.10. The Hall–Kier alpha value is -0.730. The molecule has 2 rings (SSSR count). The predicted molar refractivity (Wildman–Crippen MR) is 122 cm³/mol. The molecular weight excluding hydrogens is 455 g/mol. The van der Waals surface area contributed by atoms with E-state index in [0.717, 1.165) is 51.5 Å². The summed E-state index contributed by atoms with van der Waals surface area (Å²) in [5, 5.41) is 3.55. The number of hydrogen-bond donors (Lipinski definition) is 1. The van der Waals surface area contributed by atoms with Crippen LogP contribution in [0.5, 0.6) is 0 Å². The second-order valence-electron chi connectivity index (χ2n) is 9.21. The highest BCUT2D eigenvalue weighted by Crippen LogP contribution is 2.22. The molecule has 2 aliphatic rings. The van der Waals surface area contributed by atoms with E-state index in [-0.39, 0.29) is 30.1 Å². The Labute approximate surface area is 182 Å². The molecule has 0 bridgehead atoms. The highest BCUT2D eigenvalue weighted by molar-refractivity contribution is 14.0. The van der Waals surface area contributed by atoms with Gasteiger partial charge in [-0.05, 0) is 57.8 Å². The first-order valence-electron chi connectivity index (χ1n) is 10.1. The first-order chi connectivity index (χ1) is 12.2. The van der Waals surface area contributed by atoms with E-state index in [1.165, 1.54) is 6.42 Å². The number of piperidine rings is 2. The normalized spacial score (nSPS) is 27.0. The number of halogens is 1. The fourth-order valence-corrected chi connectivity index (χ4v) is 4.13. The maximum absolute atomic E-state index is 12.3. The zero-order chi connectivity index (χ0) is 19.3. The molecule has 0 spiro atoms. The minimum atomic E-state index is -0.439. The van der Waals surface area contributed by atoms with Gasteiger partial charge in [-0.25, -0.2) is 4.79 Å². The van der Waals surface area contributed by atoms with Crippen molar-refractivity contribution in [3.63, 3.8) is 0 Å². The number of likely N-dealkylation sites (tertiary alicyclic amines) is 2. The summed E-state index contributed by atoms with van der Waals surface area (Å²) in [7, 11) is 1.86. The quantitative estimate of drug-likeness (QED) is 0.361. The van der Waals surface area contributed by atoms with Crippen LogP contribution in [0.2, 0.25) is 0 Å². The van der Waals surface area contributed by atoms with Gasteiger partial charge in [0, 0.05) is 39.8 Å². The van der Waals surface area contributed by atoms with Crippen LogP contribution in [0.25, 0.3) is 0 Å². The minimum absolute atomic E-state index is 0. The summed E-state index contributed by atoms with van der Waals surface area (Å²) in [4.78, 5) is 21.1. The molecule has 27 heavy (non-hydrogen) atoms. The van der Waals surface area contributed by atoms with E-state index in [4.69, 9.17) is 4.74 Å². The van der Waals surface area contributed by atoms with E-state index in [1.54, 1.807) is 0 Å². The first-order valence-corrected chi connectivity index (χ1v) is 10.1. The summed E-state index contributed by atoms with van der Waals surface area (Å²) in [6.45, 7) is 14.9. The van der Waals surface area contributed by atoms with Gasteiger partial charge in [0.25, 0.3) is 0 Å². The number of aliphatic imine (C=N–C) groups is 1. The van der Waals surface area contributed by atoms with Crippen LogP contribution in [0.3, 0.4) is 0 Å². The molecule has 2 saturated heterocycles. The molecule has 2 heterocycles. The van der Waals surface area contributed by atoms with Crippen LogP contribution >= 0.6 is 24.0 Å². The molecule has 2 fully saturated rings. The van der Waals surface area contributed by atoms with E-state index >= 15 is 0 Å². The Bertz CT molecular complexity index is 497. The average molecular weight is 494 g/mol. The number of amides is 1. The van der Waals surface area contributed by atoms with E-state index in [9.17, 15) is 4.79 Å². The number of hydrogen-bond acceptors (Lipinski definition) is 3. The van der Waals surface area contributed by atoms with Crippen LogP contribution in [-0.2, 0) is 4.74 Å². The van der Waals surface area contributed by atoms with E-state index in [0.29, 0.717) is 17.8 Å². The smallest absolute Gasteiger partial charge is 0.410 e.